The molecule has 0 fully saturated rings. The van der Waals surface area contributed by atoms with E-state index in [4.69, 9.17) is 10.8 Å². The van der Waals surface area contributed by atoms with Crippen LogP contribution in [-0.4, -0.2) is 42.6 Å². The topological polar surface area (TPSA) is 119 Å². The van der Waals surface area contributed by atoms with Gasteiger partial charge in [-0.15, -0.1) is 0 Å². The molecule has 0 rings (SSSR count). The summed E-state index contributed by atoms with van der Waals surface area (Å²) in [7, 11) is 1.23. The lowest BCUT2D eigenvalue weighted by atomic mass is 9.84. The van der Waals surface area contributed by atoms with Gasteiger partial charge in [-0.05, 0) is 31.2 Å². The summed E-state index contributed by atoms with van der Waals surface area (Å²) in [6.07, 6.45) is 1.62. The zero-order valence-corrected chi connectivity index (χ0v) is 13.0. The summed E-state index contributed by atoms with van der Waals surface area (Å²) in [6.45, 7) is 4.57. The summed E-state index contributed by atoms with van der Waals surface area (Å²) < 4.78 is 4.45. The maximum Gasteiger partial charge on any atom is 0.326 e. The number of hydrogen-bond donors (Lipinski definition) is 3. The van der Waals surface area contributed by atoms with Crippen LogP contribution >= 0.6 is 0 Å². The maximum absolute atomic E-state index is 11.8. The normalized spacial score (nSPS) is 12.6. The average Bonchev–Trinajstić information content (AvgIpc) is 2.40. The molecule has 7 nitrogen and oxygen atoms in total. The molecule has 0 aliphatic carbocycles. The molecule has 0 saturated heterocycles. The van der Waals surface area contributed by atoms with Gasteiger partial charge < -0.3 is 20.9 Å². The van der Waals surface area contributed by atoms with E-state index in [2.05, 4.69) is 10.1 Å². The van der Waals surface area contributed by atoms with Crippen LogP contribution in [0.1, 0.15) is 46.0 Å². The number of esters is 1. The minimum absolute atomic E-state index is 0.0138. The van der Waals surface area contributed by atoms with Crippen molar-refractivity contribution in [3.05, 3.63) is 0 Å². The number of carboxylic acid groups (broad SMARTS) is 1. The third-order valence-electron chi connectivity index (χ3n) is 3.35. The number of carbonyl (C=O) groups excluding carboxylic acids is 2. The van der Waals surface area contributed by atoms with E-state index in [1.165, 1.54) is 7.11 Å². The molecule has 0 heterocycles. The van der Waals surface area contributed by atoms with Crippen LogP contribution < -0.4 is 11.1 Å². The third kappa shape index (κ3) is 9.01. The van der Waals surface area contributed by atoms with Crippen LogP contribution in [0.4, 0.5) is 0 Å². The number of nitrogens with two attached hydrogens (primary N) is 1. The fourth-order valence-corrected chi connectivity index (χ4v) is 1.86. The lowest BCUT2D eigenvalue weighted by molar-refractivity contribution is -0.144. The number of nitrogens with one attached hydrogen (secondary N) is 1. The molecule has 0 aromatic carbocycles. The van der Waals surface area contributed by atoms with E-state index >= 15 is 0 Å². The number of carbonyl (C=O) groups is 3. The van der Waals surface area contributed by atoms with Crippen LogP contribution in [0.5, 0.6) is 0 Å². The van der Waals surface area contributed by atoms with Gasteiger partial charge in [0.2, 0.25) is 5.91 Å². The van der Waals surface area contributed by atoms with Gasteiger partial charge in [-0.1, -0.05) is 13.8 Å². The highest BCUT2D eigenvalue weighted by atomic mass is 16.5. The van der Waals surface area contributed by atoms with E-state index < -0.39 is 18.0 Å². The average molecular weight is 302 g/mol. The molecule has 0 saturated carbocycles. The largest absolute Gasteiger partial charge is 0.480 e. The Morgan fingerprint density at radius 1 is 1.24 bits per heavy atom. The highest BCUT2D eigenvalue weighted by molar-refractivity contribution is 5.84. The predicted octanol–water partition coefficient (Wildman–Crippen LogP) is 0.664. The number of methoxy groups -OCH3 is 1. The molecule has 21 heavy (non-hydrogen) atoms. The molecule has 0 spiro atoms. The van der Waals surface area contributed by atoms with Crippen molar-refractivity contribution in [2.45, 2.75) is 52.0 Å². The number of amides is 1. The van der Waals surface area contributed by atoms with Gasteiger partial charge >= 0.3 is 11.9 Å². The molecule has 4 N–H and O–H groups in total. The number of rotatable bonds is 10. The van der Waals surface area contributed by atoms with E-state index in [0.717, 1.165) is 6.42 Å². The van der Waals surface area contributed by atoms with E-state index in [1.54, 1.807) is 0 Å². The maximum atomic E-state index is 11.8. The smallest absolute Gasteiger partial charge is 0.326 e. The van der Waals surface area contributed by atoms with E-state index in [9.17, 15) is 14.4 Å². The highest BCUT2D eigenvalue weighted by Gasteiger charge is 2.23. The first-order valence-corrected chi connectivity index (χ1v) is 7.01. The highest BCUT2D eigenvalue weighted by Crippen LogP contribution is 2.25. The molecule has 0 aromatic heterocycles. The molecule has 0 aliphatic heterocycles. The Kier molecular flexibility index (Phi) is 8.61. The first-order valence-electron chi connectivity index (χ1n) is 7.01. The molecule has 7 heteroatoms. The minimum atomic E-state index is -1.16. The summed E-state index contributed by atoms with van der Waals surface area (Å²) in [5.41, 5.74) is 5.44. The van der Waals surface area contributed by atoms with Gasteiger partial charge in [0.1, 0.15) is 6.04 Å². The molecule has 122 valence electrons. The van der Waals surface area contributed by atoms with Crippen LogP contribution in [0.3, 0.4) is 0 Å². The van der Waals surface area contributed by atoms with E-state index in [0.29, 0.717) is 13.0 Å². The Balaban J connectivity index is 4.29. The van der Waals surface area contributed by atoms with Crippen molar-refractivity contribution in [3.63, 3.8) is 0 Å². The fourth-order valence-electron chi connectivity index (χ4n) is 1.86. The molecule has 1 atom stereocenters. The second-order valence-electron chi connectivity index (χ2n) is 5.78. The summed E-state index contributed by atoms with van der Waals surface area (Å²) in [4.78, 5) is 33.9. The van der Waals surface area contributed by atoms with Gasteiger partial charge in [-0.25, -0.2) is 4.79 Å². The van der Waals surface area contributed by atoms with Gasteiger partial charge in [-0.2, -0.15) is 0 Å². The van der Waals surface area contributed by atoms with Gasteiger partial charge in [0.15, 0.2) is 0 Å². The Morgan fingerprint density at radius 2 is 1.86 bits per heavy atom. The zero-order chi connectivity index (χ0) is 16.5. The Bertz CT molecular complexity index is 368. The first-order chi connectivity index (χ1) is 9.71. The van der Waals surface area contributed by atoms with E-state index in [-0.39, 0.29) is 30.6 Å². The standard InChI is InChI=1S/C14H26N2O5/c1-14(2,8-9-15)7-6-11(17)16-10(13(19)20)4-5-12(18)21-3/h10H,4-9,15H2,1-3H3,(H,16,17)(H,19,20). The molecule has 0 aliphatic rings. The van der Waals surface area contributed by atoms with Crippen LogP contribution in [-0.2, 0) is 19.1 Å². The van der Waals surface area contributed by atoms with Crippen LogP contribution in [0.15, 0.2) is 0 Å². The molecule has 0 radical (unpaired) electrons. The minimum Gasteiger partial charge on any atom is -0.480 e. The first kappa shape index (κ1) is 19.4. The fraction of sp³-hybridized carbons (Fsp3) is 0.786. The number of carboxylic acids is 1. The molecule has 0 bridgehead atoms. The van der Waals surface area contributed by atoms with Crippen molar-refractivity contribution < 1.29 is 24.2 Å². The van der Waals surface area contributed by atoms with Crippen LogP contribution in [0.25, 0.3) is 0 Å². The van der Waals surface area contributed by atoms with Crippen molar-refractivity contribution in [3.8, 4) is 0 Å². The predicted molar refractivity (Wildman–Crippen MR) is 77.5 cm³/mol. The van der Waals surface area contributed by atoms with Crippen molar-refractivity contribution in [1.82, 2.24) is 5.32 Å². The molecule has 1 amide bonds. The lowest BCUT2D eigenvalue weighted by Gasteiger charge is -2.23. The number of hydrogen-bond acceptors (Lipinski definition) is 5. The summed E-state index contributed by atoms with van der Waals surface area (Å²) >= 11 is 0. The van der Waals surface area contributed by atoms with Crippen molar-refractivity contribution in [2.75, 3.05) is 13.7 Å². The van der Waals surface area contributed by atoms with E-state index in [1.807, 2.05) is 13.8 Å². The second-order valence-corrected chi connectivity index (χ2v) is 5.78. The van der Waals surface area contributed by atoms with Crippen molar-refractivity contribution in [2.24, 2.45) is 11.1 Å². The quantitative estimate of drug-likeness (QED) is 0.510. The third-order valence-corrected chi connectivity index (χ3v) is 3.35. The monoisotopic (exact) mass is 302 g/mol. The Hall–Kier alpha value is -1.63. The number of aliphatic carboxylic acids is 1. The summed E-state index contributed by atoms with van der Waals surface area (Å²) in [5, 5.41) is 11.5. The Morgan fingerprint density at radius 3 is 2.33 bits per heavy atom. The summed E-state index contributed by atoms with van der Waals surface area (Å²) in [6, 6.07) is -1.07. The molecular weight excluding hydrogens is 276 g/mol. The lowest BCUT2D eigenvalue weighted by Crippen LogP contribution is -2.41. The van der Waals surface area contributed by atoms with Gasteiger partial charge in [0, 0.05) is 12.8 Å². The molecular formula is C14H26N2O5. The van der Waals surface area contributed by atoms with Gasteiger partial charge in [0.05, 0.1) is 7.11 Å². The van der Waals surface area contributed by atoms with Crippen LogP contribution in [0.2, 0.25) is 0 Å². The van der Waals surface area contributed by atoms with Gasteiger partial charge in [0.25, 0.3) is 0 Å². The van der Waals surface area contributed by atoms with Crippen molar-refractivity contribution >= 4 is 17.8 Å². The second kappa shape index (κ2) is 9.33. The SMILES string of the molecule is COC(=O)CCC(NC(=O)CCC(C)(C)CCN)C(=O)O. The summed E-state index contributed by atoms with van der Waals surface area (Å²) in [5.74, 6) is -1.99. The van der Waals surface area contributed by atoms with Crippen molar-refractivity contribution in [1.29, 1.82) is 0 Å². The zero-order valence-electron chi connectivity index (χ0n) is 13.0. The Labute approximate surface area is 125 Å². The number of ether oxygens (including phenoxy) is 1. The van der Waals surface area contributed by atoms with Crippen LogP contribution in [0, 0.1) is 5.41 Å². The molecule has 0 aromatic rings. The van der Waals surface area contributed by atoms with Gasteiger partial charge in [-0.3, -0.25) is 9.59 Å². The molecule has 1 unspecified atom stereocenters.